The molecule has 90 valence electrons. The van der Waals surface area contributed by atoms with Crippen LogP contribution in [0.1, 0.15) is 31.5 Å². The first kappa shape index (κ1) is 11.9. The summed E-state index contributed by atoms with van der Waals surface area (Å²) in [7, 11) is 0. The molecule has 1 aromatic rings. The average molecular weight is 242 g/mol. The molecule has 1 saturated carbocycles. The molecule has 0 aromatic carbocycles. The predicted octanol–water partition coefficient (Wildman–Crippen LogP) is 2.33. The maximum absolute atomic E-state index is 6.08. The van der Waals surface area contributed by atoms with Crippen molar-refractivity contribution >= 4 is 11.6 Å². The van der Waals surface area contributed by atoms with Gasteiger partial charge in [-0.3, -0.25) is 0 Å². The van der Waals surface area contributed by atoms with Gasteiger partial charge in [-0.15, -0.1) is 11.6 Å². The summed E-state index contributed by atoms with van der Waals surface area (Å²) in [5.74, 6) is 1.09. The Hall–Kier alpha value is -0.540. The van der Waals surface area contributed by atoms with E-state index in [1.54, 1.807) is 0 Å². The minimum Gasteiger partial charge on any atom is -0.334 e. The molecule has 2 rings (SSSR count). The Morgan fingerprint density at radius 2 is 2.19 bits per heavy atom. The molecule has 1 heterocycles. The van der Waals surface area contributed by atoms with E-state index in [9.17, 15) is 0 Å². The van der Waals surface area contributed by atoms with Gasteiger partial charge in [-0.1, -0.05) is 0 Å². The van der Waals surface area contributed by atoms with E-state index in [4.69, 9.17) is 11.6 Å². The SMILES string of the molecule is Cc1nccn1CCNC1CCC(Cl)CC1. The second kappa shape index (κ2) is 5.69. The van der Waals surface area contributed by atoms with Crippen LogP contribution >= 0.6 is 11.6 Å². The van der Waals surface area contributed by atoms with Gasteiger partial charge in [0.1, 0.15) is 5.82 Å². The molecule has 1 N–H and O–H groups in total. The number of aromatic nitrogens is 2. The van der Waals surface area contributed by atoms with Crippen molar-refractivity contribution < 1.29 is 0 Å². The van der Waals surface area contributed by atoms with Crippen molar-refractivity contribution in [3.8, 4) is 0 Å². The fourth-order valence-electron chi connectivity index (χ4n) is 2.29. The van der Waals surface area contributed by atoms with Gasteiger partial charge < -0.3 is 9.88 Å². The molecular formula is C12H20ClN3. The summed E-state index contributed by atoms with van der Waals surface area (Å²) in [5, 5.41) is 4.01. The van der Waals surface area contributed by atoms with Gasteiger partial charge in [-0.2, -0.15) is 0 Å². The van der Waals surface area contributed by atoms with E-state index in [0.717, 1.165) is 31.8 Å². The molecule has 0 radical (unpaired) electrons. The quantitative estimate of drug-likeness (QED) is 0.821. The highest BCUT2D eigenvalue weighted by Crippen LogP contribution is 2.22. The number of rotatable bonds is 4. The van der Waals surface area contributed by atoms with Gasteiger partial charge in [0.15, 0.2) is 0 Å². The highest BCUT2D eigenvalue weighted by Gasteiger charge is 2.18. The van der Waals surface area contributed by atoms with Gasteiger partial charge in [-0.05, 0) is 32.6 Å². The standard InChI is InChI=1S/C12H20ClN3/c1-10-14-6-8-16(10)9-7-15-12-4-2-11(13)3-5-12/h6,8,11-12,15H,2-5,7,9H2,1H3. The Morgan fingerprint density at radius 3 is 2.81 bits per heavy atom. The van der Waals surface area contributed by atoms with E-state index in [1.807, 2.05) is 19.3 Å². The van der Waals surface area contributed by atoms with Gasteiger partial charge >= 0.3 is 0 Å². The number of alkyl halides is 1. The van der Waals surface area contributed by atoms with Crippen LogP contribution in [0.4, 0.5) is 0 Å². The zero-order chi connectivity index (χ0) is 11.4. The Balaban J connectivity index is 1.67. The summed E-state index contributed by atoms with van der Waals surface area (Å²) in [5.41, 5.74) is 0. The Labute approximate surface area is 102 Å². The molecule has 4 heteroatoms. The smallest absolute Gasteiger partial charge is 0.105 e. The summed E-state index contributed by atoms with van der Waals surface area (Å²) < 4.78 is 2.18. The lowest BCUT2D eigenvalue weighted by Gasteiger charge is -2.26. The molecule has 0 atom stereocenters. The third-order valence-electron chi connectivity index (χ3n) is 3.37. The number of aryl methyl sites for hydroxylation is 1. The molecule has 0 bridgehead atoms. The Bertz CT molecular complexity index is 316. The van der Waals surface area contributed by atoms with Crippen molar-refractivity contribution in [2.75, 3.05) is 6.54 Å². The maximum atomic E-state index is 6.08. The summed E-state index contributed by atoms with van der Waals surface area (Å²) >= 11 is 6.08. The summed E-state index contributed by atoms with van der Waals surface area (Å²) in [4.78, 5) is 4.21. The van der Waals surface area contributed by atoms with E-state index in [0.29, 0.717) is 11.4 Å². The molecule has 0 saturated heterocycles. The van der Waals surface area contributed by atoms with Crippen molar-refractivity contribution in [3.05, 3.63) is 18.2 Å². The van der Waals surface area contributed by atoms with E-state index in [-0.39, 0.29) is 0 Å². The van der Waals surface area contributed by atoms with Crippen LogP contribution in [-0.4, -0.2) is 27.5 Å². The number of hydrogen-bond donors (Lipinski definition) is 1. The molecule has 3 nitrogen and oxygen atoms in total. The van der Waals surface area contributed by atoms with Gasteiger partial charge in [0.05, 0.1) is 0 Å². The number of nitrogens with zero attached hydrogens (tertiary/aromatic N) is 2. The molecule has 1 fully saturated rings. The molecule has 0 aliphatic heterocycles. The molecule has 1 aliphatic rings. The lowest BCUT2D eigenvalue weighted by atomic mass is 9.95. The first-order valence-corrected chi connectivity index (χ1v) is 6.54. The highest BCUT2D eigenvalue weighted by atomic mass is 35.5. The molecule has 16 heavy (non-hydrogen) atoms. The Kier molecular flexibility index (Phi) is 4.24. The first-order chi connectivity index (χ1) is 7.75. The van der Waals surface area contributed by atoms with E-state index in [1.165, 1.54) is 12.8 Å². The topological polar surface area (TPSA) is 29.9 Å². The van der Waals surface area contributed by atoms with Crippen molar-refractivity contribution in [1.82, 2.24) is 14.9 Å². The molecule has 0 unspecified atom stereocenters. The van der Waals surface area contributed by atoms with Crippen LogP contribution in [-0.2, 0) is 6.54 Å². The summed E-state index contributed by atoms with van der Waals surface area (Å²) in [6.45, 7) is 4.07. The molecule has 0 spiro atoms. The molecule has 1 aliphatic carbocycles. The third kappa shape index (κ3) is 3.22. The second-order valence-electron chi connectivity index (χ2n) is 4.57. The summed E-state index contributed by atoms with van der Waals surface area (Å²) in [6.07, 6.45) is 8.64. The van der Waals surface area contributed by atoms with Gasteiger partial charge in [0.25, 0.3) is 0 Å². The van der Waals surface area contributed by atoms with Crippen LogP contribution in [0.25, 0.3) is 0 Å². The number of imidazole rings is 1. The molecule has 1 aromatic heterocycles. The van der Waals surface area contributed by atoms with Gasteiger partial charge in [0, 0.05) is 36.9 Å². The van der Waals surface area contributed by atoms with Crippen LogP contribution in [0.2, 0.25) is 0 Å². The van der Waals surface area contributed by atoms with Crippen molar-refractivity contribution in [2.24, 2.45) is 0 Å². The fraction of sp³-hybridized carbons (Fsp3) is 0.750. The third-order valence-corrected chi connectivity index (χ3v) is 3.80. The van der Waals surface area contributed by atoms with E-state index < -0.39 is 0 Å². The van der Waals surface area contributed by atoms with Crippen LogP contribution in [0.3, 0.4) is 0 Å². The van der Waals surface area contributed by atoms with Gasteiger partial charge in [0.2, 0.25) is 0 Å². The molecular weight excluding hydrogens is 222 g/mol. The average Bonchev–Trinajstić information content (AvgIpc) is 2.68. The highest BCUT2D eigenvalue weighted by molar-refractivity contribution is 6.20. The van der Waals surface area contributed by atoms with Crippen LogP contribution < -0.4 is 5.32 Å². The predicted molar refractivity (Wildman–Crippen MR) is 66.9 cm³/mol. The van der Waals surface area contributed by atoms with Crippen molar-refractivity contribution in [3.63, 3.8) is 0 Å². The number of nitrogens with one attached hydrogen (secondary N) is 1. The van der Waals surface area contributed by atoms with E-state index in [2.05, 4.69) is 14.9 Å². The monoisotopic (exact) mass is 241 g/mol. The van der Waals surface area contributed by atoms with Crippen LogP contribution in [0.15, 0.2) is 12.4 Å². The van der Waals surface area contributed by atoms with Crippen LogP contribution in [0, 0.1) is 6.92 Å². The Morgan fingerprint density at radius 1 is 1.44 bits per heavy atom. The summed E-state index contributed by atoms with van der Waals surface area (Å²) in [6, 6.07) is 0.666. The minimum atomic E-state index is 0.411. The number of hydrogen-bond acceptors (Lipinski definition) is 2. The van der Waals surface area contributed by atoms with Crippen LogP contribution in [0.5, 0.6) is 0 Å². The fourth-order valence-corrected chi connectivity index (χ4v) is 2.54. The second-order valence-corrected chi connectivity index (χ2v) is 5.19. The van der Waals surface area contributed by atoms with E-state index >= 15 is 0 Å². The zero-order valence-corrected chi connectivity index (χ0v) is 10.6. The zero-order valence-electron chi connectivity index (χ0n) is 9.82. The first-order valence-electron chi connectivity index (χ1n) is 6.11. The normalized spacial score (nSPS) is 25.9. The maximum Gasteiger partial charge on any atom is 0.105 e. The number of halogens is 1. The van der Waals surface area contributed by atoms with Crippen molar-refractivity contribution in [2.45, 2.75) is 50.6 Å². The minimum absolute atomic E-state index is 0.411. The molecule has 0 amide bonds. The lowest BCUT2D eigenvalue weighted by Crippen LogP contribution is -2.35. The largest absolute Gasteiger partial charge is 0.334 e. The lowest BCUT2D eigenvalue weighted by molar-refractivity contribution is 0.371. The van der Waals surface area contributed by atoms with Crippen molar-refractivity contribution in [1.29, 1.82) is 0 Å². The van der Waals surface area contributed by atoms with Gasteiger partial charge in [-0.25, -0.2) is 4.98 Å².